The summed E-state index contributed by atoms with van der Waals surface area (Å²) >= 11 is 0. The Morgan fingerprint density at radius 2 is 1.89 bits per heavy atom. The summed E-state index contributed by atoms with van der Waals surface area (Å²) in [7, 11) is 0. The largest absolute Gasteiger partial charge is 0.492 e. The lowest BCUT2D eigenvalue weighted by molar-refractivity contribution is 0.201. The molecule has 2 atom stereocenters. The summed E-state index contributed by atoms with van der Waals surface area (Å²) in [5.41, 5.74) is 0. The van der Waals surface area contributed by atoms with Gasteiger partial charge in [-0.05, 0) is 37.9 Å². The monoisotopic (exact) mass is 282 g/mol. The molecule has 4 heteroatoms. The van der Waals surface area contributed by atoms with Crippen molar-refractivity contribution in [3.05, 3.63) is 30.3 Å². The van der Waals surface area contributed by atoms with Gasteiger partial charge in [0.05, 0.1) is 0 Å². The minimum Gasteiger partial charge on any atom is -0.492 e. The van der Waals surface area contributed by atoms with Crippen molar-refractivity contribution < 1.29 is 4.74 Å². The second kappa shape index (κ2) is 7.13. The maximum atomic E-state index is 5.77. The molecule has 2 saturated heterocycles. The molecule has 3 rings (SSSR count). The van der Waals surface area contributed by atoms with Crippen molar-refractivity contribution in [2.75, 3.05) is 26.2 Å². The van der Waals surface area contributed by atoms with E-state index in [4.69, 9.17) is 4.74 Å². The van der Waals surface area contributed by atoms with Gasteiger partial charge < -0.3 is 10.1 Å². The summed E-state index contributed by atoms with van der Waals surface area (Å²) < 4.78 is 5.77. The van der Waals surface area contributed by atoms with Crippen molar-refractivity contribution >= 4 is 12.4 Å². The SMILES string of the molecule is Cl.c1ccc(OCCN2CCC3CCC(C2)N3)cc1. The van der Waals surface area contributed by atoms with E-state index in [1.165, 1.54) is 32.4 Å². The first kappa shape index (κ1) is 14.6. The van der Waals surface area contributed by atoms with Gasteiger partial charge in [0.2, 0.25) is 0 Å². The fourth-order valence-corrected chi connectivity index (χ4v) is 3.03. The highest BCUT2D eigenvalue weighted by Gasteiger charge is 2.28. The molecule has 0 spiro atoms. The zero-order chi connectivity index (χ0) is 12.2. The Balaban J connectivity index is 0.00000133. The number of ether oxygens (including phenoxy) is 1. The Bertz CT molecular complexity index is 374. The Hall–Kier alpha value is -0.770. The molecule has 1 aromatic carbocycles. The second-order valence-corrected chi connectivity index (χ2v) is 5.39. The van der Waals surface area contributed by atoms with Crippen LogP contribution in [0, 0.1) is 0 Å². The van der Waals surface area contributed by atoms with Crippen LogP contribution >= 0.6 is 12.4 Å². The lowest BCUT2D eigenvalue weighted by atomic mass is 10.1. The molecule has 2 unspecified atom stereocenters. The van der Waals surface area contributed by atoms with Crippen LogP contribution in [-0.2, 0) is 0 Å². The van der Waals surface area contributed by atoms with E-state index < -0.39 is 0 Å². The van der Waals surface area contributed by atoms with Crippen molar-refractivity contribution in [3.8, 4) is 5.75 Å². The maximum Gasteiger partial charge on any atom is 0.119 e. The van der Waals surface area contributed by atoms with E-state index >= 15 is 0 Å². The molecule has 1 aromatic rings. The minimum atomic E-state index is 0. The first-order valence-corrected chi connectivity index (χ1v) is 7.06. The van der Waals surface area contributed by atoms with E-state index in [1.807, 2.05) is 30.3 Å². The molecule has 0 radical (unpaired) electrons. The first-order chi connectivity index (χ1) is 8.90. The summed E-state index contributed by atoms with van der Waals surface area (Å²) in [4.78, 5) is 2.54. The maximum absolute atomic E-state index is 5.77. The van der Waals surface area contributed by atoms with E-state index in [0.717, 1.165) is 24.9 Å². The highest BCUT2D eigenvalue weighted by atomic mass is 35.5. The number of nitrogens with zero attached hydrogens (tertiary/aromatic N) is 1. The zero-order valence-corrected chi connectivity index (χ0v) is 12.1. The predicted octanol–water partition coefficient (Wildman–Crippen LogP) is 2.31. The molecule has 2 bridgehead atoms. The Morgan fingerprint density at radius 1 is 1.11 bits per heavy atom. The topological polar surface area (TPSA) is 24.5 Å². The van der Waals surface area contributed by atoms with Gasteiger partial charge in [0.25, 0.3) is 0 Å². The number of benzene rings is 1. The quantitative estimate of drug-likeness (QED) is 0.917. The average Bonchev–Trinajstić information content (AvgIpc) is 2.73. The van der Waals surface area contributed by atoms with Crippen LogP contribution in [0.15, 0.2) is 30.3 Å². The average molecular weight is 283 g/mol. The van der Waals surface area contributed by atoms with Gasteiger partial charge in [0, 0.05) is 25.2 Å². The molecule has 0 aromatic heterocycles. The zero-order valence-electron chi connectivity index (χ0n) is 11.3. The summed E-state index contributed by atoms with van der Waals surface area (Å²) in [5, 5.41) is 3.71. The van der Waals surface area contributed by atoms with Gasteiger partial charge in [-0.2, -0.15) is 0 Å². The predicted molar refractivity (Wildman–Crippen MR) is 80.2 cm³/mol. The van der Waals surface area contributed by atoms with E-state index in [0.29, 0.717) is 6.04 Å². The number of halogens is 1. The minimum absolute atomic E-state index is 0. The van der Waals surface area contributed by atoms with Gasteiger partial charge in [0.15, 0.2) is 0 Å². The van der Waals surface area contributed by atoms with Crippen molar-refractivity contribution in [1.82, 2.24) is 10.2 Å². The number of para-hydroxylation sites is 1. The van der Waals surface area contributed by atoms with Crippen LogP contribution in [0.1, 0.15) is 19.3 Å². The summed E-state index contributed by atoms with van der Waals surface area (Å²) in [6.07, 6.45) is 4.02. The van der Waals surface area contributed by atoms with E-state index in [-0.39, 0.29) is 12.4 Å². The third-order valence-corrected chi connectivity index (χ3v) is 4.03. The Labute approximate surface area is 121 Å². The van der Waals surface area contributed by atoms with Gasteiger partial charge in [-0.25, -0.2) is 0 Å². The molecule has 19 heavy (non-hydrogen) atoms. The molecule has 0 amide bonds. The van der Waals surface area contributed by atoms with Crippen LogP contribution in [0.2, 0.25) is 0 Å². The Kier molecular flexibility index (Phi) is 5.49. The number of rotatable bonds is 4. The fraction of sp³-hybridized carbons (Fsp3) is 0.600. The van der Waals surface area contributed by atoms with Crippen LogP contribution < -0.4 is 10.1 Å². The van der Waals surface area contributed by atoms with E-state index in [1.54, 1.807) is 0 Å². The molecule has 2 heterocycles. The number of hydrogen-bond donors (Lipinski definition) is 1. The van der Waals surface area contributed by atoms with Crippen molar-refractivity contribution in [3.63, 3.8) is 0 Å². The molecule has 106 valence electrons. The van der Waals surface area contributed by atoms with Crippen LogP contribution in [0.3, 0.4) is 0 Å². The molecule has 2 aliphatic heterocycles. The third kappa shape index (κ3) is 4.10. The molecule has 2 fully saturated rings. The van der Waals surface area contributed by atoms with Gasteiger partial charge in [-0.1, -0.05) is 18.2 Å². The molecule has 1 N–H and O–H groups in total. The summed E-state index contributed by atoms with van der Waals surface area (Å²) in [6.45, 7) is 4.24. The molecular weight excluding hydrogens is 260 g/mol. The van der Waals surface area contributed by atoms with Crippen molar-refractivity contribution in [2.24, 2.45) is 0 Å². The standard InChI is InChI=1S/C15H22N2O.ClH/c1-2-4-15(5-3-1)18-11-10-17-9-8-13-6-7-14(12-17)16-13;/h1-5,13-14,16H,6-12H2;1H. The van der Waals surface area contributed by atoms with Gasteiger partial charge >= 0.3 is 0 Å². The van der Waals surface area contributed by atoms with Crippen molar-refractivity contribution in [2.45, 2.75) is 31.3 Å². The van der Waals surface area contributed by atoms with Gasteiger partial charge in [-0.15, -0.1) is 12.4 Å². The Morgan fingerprint density at radius 3 is 2.74 bits per heavy atom. The number of likely N-dealkylation sites (tertiary alicyclic amines) is 1. The van der Waals surface area contributed by atoms with Crippen LogP contribution in [0.25, 0.3) is 0 Å². The summed E-state index contributed by atoms with van der Waals surface area (Å²) in [5.74, 6) is 0.979. The van der Waals surface area contributed by atoms with Crippen molar-refractivity contribution in [1.29, 1.82) is 0 Å². The molecule has 3 nitrogen and oxygen atoms in total. The first-order valence-electron chi connectivity index (χ1n) is 7.06. The molecule has 0 aliphatic carbocycles. The van der Waals surface area contributed by atoms with Gasteiger partial charge in [-0.3, -0.25) is 4.90 Å². The lowest BCUT2D eigenvalue weighted by Gasteiger charge is -2.23. The number of nitrogens with one attached hydrogen (secondary N) is 1. The van der Waals surface area contributed by atoms with Crippen LogP contribution in [-0.4, -0.2) is 43.2 Å². The van der Waals surface area contributed by atoms with Crippen LogP contribution in [0.4, 0.5) is 0 Å². The van der Waals surface area contributed by atoms with Crippen LogP contribution in [0.5, 0.6) is 5.75 Å². The van der Waals surface area contributed by atoms with E-state index in [9.17, 15) is 0 Å². The smallest absolute Gasteiger partial charge is 0.119 e. The summed E-state index contributed by atoms with van der Waals surface area (Å²) in [6, 6.07) is 11.6. The number of fused-ring (bicyclic) bond motifs is 2. The highest BCUT2D eigenvalue weighted by molar-refractivity contribution is 5.85. The van der Waals surface area contributed by atoms with Gasteiger partial charge in [0.1, 0.15) is 12.4 Å². The normalized spacial score (nSPS) is 26.5. The highest BCUT2D eigenvalue weighted by Crippen LogP contribution is 2.20. The fourth-order valence-electron chi connectivity index (χ4n) is 3.03. The molecule has 0 saturated carbocycles. The molecule has 2 aliphatic rings. The molecular formula is C15H23ClN2O. The second-order valence-electron chi connectivity index (χ2n) is 5.39. The number of hydrogen-bond acceptors (Lipinski definition) is 3. The van der Waals surface area contributed by atoms with E-state index in [2.05, 4.69) is 10.2 Å². The lowest BCUT2D eigenvalue weighted by Crippen LogP contribution is -2.37. The third-order valence-electron chi connectivity index (χ3n) is 4.03.